The van der Waals surface area contributed by atoms with Crippen LogP contribution in [0.25, 0.3) is 0 Å². The maximum Gasteiger partial charge on any atom is 0.0897 e. The van der Waals surface area contributed by atoms with Crippen molar-refractivity contribution in [3.63, 3.8) is 0 Å². The van der Waals surface area contributed by atoms with E-state index in [1.54, 1.807) is 7.11 Å². The minimum atomic E-state index is -0.367. The van der Waals surface area contributed by atoms with Gasteiger partial charge in [0.1, 0.15) is 0 Å². The average molecular weight is 201 g/mol. The van der Waals surface area contributed by atoms with Gasteiger partial charge in [-0.2, -0.15) is 0 Å². The second-order valence-corrected chi connectivity index (χ2v) is 4.39. The molecule has 0 spiro atoms. The maximum atomic E-state index is 9.48. The van der Waals surface area contributed by atoms with Crippen molar-refractivity contribution < 1.29 is 9.84 Å². The SMILES string of the molecule is COCC(O)CNC1CCCCC1C. The summed E-state index contributed by atoms with van der Waals surface area (Å²) in [6.45, 7) is 3.37. The number of methoxy groups -OCH3 is 1. The highest BCUT2D eigenvalue weighted by molar-refractivity contribution is 4.78. The highest BCUT2D eigenvalue weighted by atomic mass is 16.5. The van der Waals surface area contributed by atoms with E-state index in [4.69, 9.17) is 4.74 Å². The zero-order chi connectivity index (χ0) is 10.4. The Morgan fingerprint density at radius 3 is 2.79 bits per heavy atom. The molecule has 3 unspecified atom stereocenters. The van der Waals surface area contributed by atoms with Crippen molar-refractivity contribution >= 4 is 0 Å². The van der Waals surface area contributed by atoms with Crippen molar-refractivity contribution in [3.8, 4) is 0 Å². The van der Waals surface area contributed by atoms with Gasteiger partial charge in [-0.1, -0.05) is 19.8 Å². The zero-order valence-corrected chi connectivity index (χ0v) is 9.33. The molecule has 0 saturated heterocycles. The summed E-state index contributed by atoms with van der Waals surface area (Å²) in [7, 11) is 1.62. The van der Waals surface area contributed by atoms with Gasteiger partial charge in [0.2, 0.25) is 0 Å². The lowest BCUT2D eigenvalue weighted by Gasteiger charge is -2.30. The third-order valence-corrected chi connectivity index (χ3v) is 3.09. The molecule has 0 radical (unpaired) electrons. The van der Waals surface area contributed by atoms with E-state index in [0.29, 0.717) is 19.2 Å². The van der Waals surface area contributed by atoms with Crippen LogP contribution in [0.1, 0.15) is 32.6 Å². The molecule has 0 amide bonds. The van der Waals surface area contributed by atoms with Crippen molar-refractivity contribution in [2.45, 2.75) is 44.8 Å². The van der Waals surface area contributed by atoms with E-state index in [-0.39, 0.29) is 6.10 Å². The number of nitrogens with one attached hydrogen (secondary N) is 1. The monoisotopic (exact) mass is 201 g/mol. The molecule has 1 saturated carbocycles. The Bertz CT molecular complexity index is 152. The predicted molar refractivity (Wildman–Crippen MR) is 57.3 cm³/mol. The van der Waals surface area contributed by atoms with Gasteiger partial charge in [0, 0.05) is 19.7 Å². The molecule has 0 aliphatic heterocycles. The van der Waals surface area contributed by atoms with Crippen LogP contribution in [-0.2, 0) is 4.74 Å². The Labute approximate surface area is 86.8 Å². The van der Waals surface area contributed by atoms with Crippen molar-refractivity contribution in [2.75, 3.05) is 20.3 Å². The normalized spacial score (nSPS) is 30.2. The fraction of sp³-hybridized carbons (Fsp3) is 1.00. The standard InChI is InChI=1S/C11H23NO2/c1-9-5-3-4-6-11(9)12-7-10(13)8-14-2/h9-13H,3-8H2,1-2H3. The van der Waals surface area contributed by atoms with Gasteiger partial charge in [0.15, 0.2) is 0 Å². The van der Waals surface area contributed by atoms with Gasteiger partial charge in [0.25, 0.3) is 0 Å². The molecule has 0 bridgehead atoms. The minimum Gasteiger partial charge on any atom is -0.389 e. The number of hydrogen-bond donors (Lipinski definition) is 2. The van der Waals surface area contributed by atoms with Crippen LogP contribution in [0.2, 0.25) is 0 Å². The van der Waals surface area contributed by atoms with E-state index in [1.807, 2.05) is 0 Å². The summed E-state index contributed by atoms with van der Waals surface area (Å²) in [4.78, 5) is 0. The van der Waals surface area contributed by atoms with Gasteiger partial charge in [-0.25, -0.2) is 0 Å². The lowest BCUT2D eigenvalue weighted by atomic mass is 9.86. The first-order valence-electron chi connectivity index (χ1n) is 5.64. The van der Waals surface area contributed by atoms with Gasteiger partial charge in [-0.15, -0.1) is 0 Å². The molecule has 0 aromatic heterocycles. The lowest BCUT2D eigenvalue weighted by Crippen LogP contribution is -2.42. The Hall–Kier alpha value is -0.120. The third kappa shape index (κ3) is 3.95. The molecule has 1 fully saturated rings. The number of rotatable bonds is 5. The van der Waals surface area contributed by atoms with Crippen LogP contribution in [0.3, 0.4) is 0 Å². The molecule has 0 aromatic carbocycles. The van der Waals surface area contributed by atoms with Gasteiger partial charge >= 0.3 is 0 Å². The van der Waals surface area contributed by atoms with E-state index in [2.05, 4.69) is 12.2 Å². The first-order valence-corrected chi connectivity index (χ1v) is 5.64. The number of aliphatic hydroxyl groups is 1. The first kappa shape index (κ1) is 12.0. The topological polar surface area (TPSA) is 41.5 Å². The van der Waals surface area contributed by atoms with Crippen LogP contribution in [0, 0.1) is 5.92 Å². The average Bonchev–Trinajstić information content (AvgIpc) is 2.17. The molecule has 0 heterocycles. The summed E-state index contributed by atoms with van der Waals surface area (Å²) in [5.74, 6) is 0.749. The Kier molecular flexibility index (Phi) is 5.45. The number of hydrogen-bond acceptors (Lipinski definition) is 3. The van der Waals surface area contributed by atoms with E-state index in [1.165, 1.54) is 25.7 Å². The molecule has 0 aromatic rings. The lowest BCUT2D eigenvalue weighted by molar-refractivity contribution is 0.0599. The largest absolute Gasteiger partial charge is 0.389 e. The smallest absolute Gasteiger partial charge is 0.0897 e. The highest BCUT2D eigenvalue weighted by Gasteiger charge is 2.21. The second kappa shape index (κ2) is 6.38. The molecule has 3 nitrogen and oxygen atoms in total. The molecule has 1 aliphatic carbocycles. The third-order valence-electron chi connectivity index (χ3n) is 3.09. The van der Waals surface area contributed by atoms with Crippen molar-refractivity contribution in [2.24, 2.45) is 5.92 Å². The van der Waals surface area contributed by atoms with E-state index >= 15 is 0 Å². The fourth-order valence-corrected chi connectivity index (χ4v) is 2.16. The van der Waals surface area contributed by atoms with E-state index in [0.717, 1.165) is 5.92 Å². The van der Waals surface area contributed by atoms with Gasteiger partial charge in [0.05, 0.1) is 12.7 Å². The molecule has 14 heavy (non-hydrogen) atoms. The van der Waals surface area contributed by atoms with Crippen LogP contribution in [0.4, 0.5) is 0 Å². The van der Waals surface area contributed by atoms with Gasteiger partial charge < -0.3 is 15.2 Å². The summed E-state index contributed by atoms with van der Waals surface area (Å²) in [5.41, 5.74) is 0. The molecular weight excluding hydrogens is 178 g/mol. The molecule has 3 heteroatoms. The predicted octanol–water partition coefficient (Wildman–Crippen LogP) is 1.16. The van der Waals surface area contributed by atoms with Gasteiger partial charge in [-0.3, -0.25) is 0 Å². The highest BCUT2D eigenvalue weighted by Crippen LogP contribution is 2.23. The fourth-order valence-electron chi connectivity index (χ4n) is 2.16. The zero-order valence-electron chi connectivity index (χ0n) is 9.33. The summed E-state index contributed by atoms with van der Waals surface area (Å²) < 4.78 is 4.88. The van der Waals surface area contributed by atoms with Crippen molar-refractivity contribution in [3.05, 3.63) is 0 Å². The van der Waals surface area contributed by atoms with Crippen LogP contribution in [0.5, 0.6) is 0 Å². The van der Waals surface area contributed by atoms with Crippen LogP contribution >= 0.6 is 0 Å². The first-order chi connectivity index (χ1) is 6.74. The molecule has 2 N–H and O–H groups in total. The molecule has 1 rings (SSSR count). The molecule has 3 atom stereocenters. The van der Waals surface area contributed by atoms with Crippen LogP contribution < -0.4 is 5.32 Å². The Balaban J connectivity index is 2.15. The Morgan fingerprint density at radius 1 is 1.43 bits per heavy atom. The summed E-state index contributed by atoms with van der Waals surface area (Å²) in [5, 5.41) is 12.9. The maximum absolute atomic E-state index is 9.48. The minimum absolute atomic E-state index is 0.367. The second-order valence-electron chi connectivity index (χ2n) is 4.39. The molecule has 84 valence electrons. The Morgan fingerprint density at radius 2 is 2.14 bits per heavy atom. The van der Waals surface area contributed by atoms with Crippen LogP contribution in [0.15, 0.2) is 0 Å². The summed E-state index contributed by atoms with van der Waals surface area (Å²) in [6.07, 6.45) is 4.88. The molecular formula is C11H23NO2. The number of ether oxygens (including phenoxy) is 1. The van der Waals surface area contributed by atoms with Crippen molar-refractivity contribution in [1.29, 1.82) is 0 Å². The summed E-state index contributed by atoms with van der Waals surface area (Å²) in [6, 6.07) is 0.593. The van der Waals surface area contributed by atoms with Crippen molar-refractivity contribution in [1.82, 2.24) is 5.32 Å². The quantitative estimate of drug-likeness (QED) is 0.701. The van der Waals surface area contributed by atoms with Crippen LogP contribution in [-0.4, -0.2) is 37.5 Å². The van der Waals surface area contributed by atoms with E-state index in [9.17, 15) is 5.11 Å². The molecule has 1 aliphatic rings. The number of aliphatic hydroxyl groups excluding tert-OH is 1. The summed E-state index contributed by atoms with van der Waals surface area (Å²) >= 11 is 0. The van der Waals surface area contributed by atoms with Gasteiger partial charge in [-0.05, 0) is 18.8 Å². The van der Waals surface area contributed by atoms with E-state index < -0.39 is 0 Å².